The van der Waals surface area contributed by atoms with Crippen molar-refractivity contribution in [1.29, 1.82) is 0 Å². The van der Waals surface area contributed by atoms with Gasteiger partial charge in [0.2, 0.25) is 0 Å². The maximum Gasteiger partial charge on any atom is 0.168 e. The van der Waals surface area contributed by atoms with Crippen LogP contribution in [0.4, 0.5) is 0 Å². The number of likely N-dealkylation sites (tertiary alicyclic amines) is 1. The number of piperidine rings is 1. The number of rotatable bonds is 10. The average molecular weight is 427 g/mol. The number of fused-ring (bicyclic) bond motifs is 1. The molecule has 3 aliphatic rings. The third-order valence-corrected chi connectivity index (χ3v) is 6.94. The summed E-state index contributed by atoms with van der Waals surface area (Å²) in [5.41, 5.74) is 0. The molecule has 2 aliphatic heterocycles. The maximum atomic E-state index is 11.1. The number of hydrogen-bond donors (Lipinski definition) is 2. The molecule has 1 aliphatic carbocycles. The van der Waals surface area contributed by atoms with Crippen molar-refractivity contribution in [3.8, 4) is 0 Å². The molecule has 3 fully saturated rings. The third kappa shape index (κ3) is 6.37. The van der Waals surface area contributed by atoms with E-state index in [9.17, 15) is 5.11 Å². The fraction of sp³-hybridized carbons (Fsp3) is 1.00. The first-order chi connectivity index (χ1) is 14.3. The number of nitrogens with one attached hydrogen (secondary N) is 1. The van der Waals surface area contributed by atoms with Gasteiger partial charge in [0.05, 0.1) is 13.2 Å². The van der Waals surface area contributed by atoms with E-state index in [0.717, 1.165) is 71.6 Å². The molecule has 4 atom stereocenters. The van der Waals surface area contributed by atoms with Crippen molar-refractivity contribution < 1.29 is 14.6 Å². The van der Waals surface area contributed by atoms with E-state index in [4.69, 9.17) is 9.47 Å². The first kappa shape index (κ1) is 24.4. The van der Waals surface area contributed by atoms with Gasteiger partial charge in [0.25, 0.3) is 0 Å². The van der Waals surface area contributed by atoms with Crippen LogP contribution in [0.2, 0.25) is 0 Å². The number of ether oxygens (including phenoxy) is 2. The van der Waals surface area contributed by atoms with Gasteiger partial charge in [-0.2, -0.15) is 0 Å². The molecule has 0 aromatic rings. The van der Waals surface area contributed by atoms with Crippen LogP contribution in [0.15, 0.2) is 0 Å². The third-order valence-electron chi connectivity index (χ3n) is 6.94. The second-order valence-corrected chi connectivity index (χ2v) is 10.3. The first-order valence-corrected chi connectivity index (χ1v) is 12.2. The minimum absolute atomic E-state index is 0.290. The lowest BCUT2D eigenvalue weighted by atomic mass is 9.74. The zero-order chi connectivity index (χ0) is 21.7. The van der Waals surface area contributed by atoms with Gasteiger partial charge in [0, 0.05) is 51.1 Å². The lowest BCUT2D eigenvalue weighted by Gasteiger charge is -2.51. The fourth-order valence-corrected chi connectivity index (χ4v) is 5.67. The van der Waals surface area contributed by atoms with Crippen LogP contribution < -0.4 is 5.32 Å². The van der Waals surface area contributed by atoms with Gasteiger partial charge in [0.1, 0.15) is 0 Å². The molecule has 0 bridgehead atoms. The summed E-state index contributed by atoms with van der Waals surface area (Å²) in [6.45, 7) is 13.0. The Balaban J connectivity index is 1.63. The highest BCUT2D eigenvalue weighted by molar-refractivity contribution is 4.98. The molecule has 176 valence electrons. The van der Waals surface area contributed by atoms with Crippen molar-refractivity contribution >= 4 is 0 Å². The minimum Gasteiger partial charge on any atom is -0.365 e. The summed E-state index contributed by atoms with van der Waals surface area (Å²) >= 11 is 0. The first-order valence-electron chi connectivity index (χ1n) is 12.2. The number of hydrogen-bond acceptors (Lipinski definition) is 7. The Morgan fingerprint density at radius 2 is 1.93 bits per heavy atom. The highest BCUT2D eigenvalue weighted by Crippen LogP contribution is 2.44. The second-order valence-electron chi connectivity index (χ2n) is 10.3. The van der Waals surface area contributed by atoms with E-state index in [1.807, 2.05) is 0 Å². The zero-order valence-corrected chi connectivity index (χ0v) is 20.0. The van der Waals surface area contributed by atoms with Gasteiger partial charge in [-0.25, -0.2) is 0 Å². The van der Waals surface area contributed by atoms with Crippen molar-refractivity contribution in [2.45, 2.75) is 77.1 Å². The molecule has 1 unspecified atom stereocenters. The van der Waals surface area contributed by atoms with Crippen LogP contribution >= 0.6 is 0 Å². The van der Waals surface area contributed by atoms with Crippen molar-refractivity contribution in [2.75, 3.05) is 60.0 Å². The Hall–Kier alpha value is -0.280. The van der Waals surface area contributed by atoms with Crippen molar-refractivity contribution in [3.05, 3.63) is 0 Å². The molecule has 2 N–H and O–H groups in total. The number of likely N-dealkylation sites (N-methyl/N-ethyl adjacent to an activating group) is 1. The predicted octanol–water partition coefficient (Wildman–Crippen LogP) is 1.77. The molecule has 1 saturated carbocycles. The van der Waals surface area contributed by atoms with Gasteiger partial charge < -0.3 is 19.5 Å². The van der Waals surface area contributed by atoms with Crippen LogP contribution in [0.1, 0.15) is 52.9 Å². The number of aliphatic hydroxyl groups is 1. The standard InChI is InChI=1S/C23H46N4O3/c1-6-9-26-17-20(24-22(28)27(16-18(2)3)11-10-25(4)5)14-19-15-23(8-7-21(19)26)29-12-13-30-23/h18-22,24,28H,6-17H2,1-5H3/t19-,20+,21-,22?/m1/s1. The SMILES string of the molecule is CCCN1C[C@@H](NC(O)N(CCN(C)C)CC(C)C)C[C@@H]2CC3(CC[C@H]21)OCCO3. The van der Waals surface area contributed by atoms with Crippen LogP contribution in [-0.2, 0) is 9.47 Å². The fourth-order valence-electron chi connectivity index (χ4n) is 5.67. The Bertz CT molecular complexity index is 513. The number of nitrogens with zero attached hydrogens (tertiary/aromatic N) is 3. The van der Waals surface area contributed by atoms with E-state index >= 15 is 0 Å². The monoisotopic (exact) mass is 426 g/mol. The molecule has 2 saturated heterocycles. The van der Waals surface area contributed by atoms with E-state index in [0.29, 0.717) is 23.9 Å². The van der Waals surface area contributed by atoms with Gasteiger partial charge in [-0.05, 0) is 51.7 Å². The molecule has 30 heavy (non-hydrogen) atoms. The van der Waals surface area contributed by atoms with Crippen molar-refractivity contribution in [3.63, 3.8) is 0 Å². The van der Waals surface area contributed by atoms with Crippen LogP contribution in [0.3, 0.4) is 0 Å². The van der Waals surface area contributed by atoms with Crippen LogP contribution in [0, 0.1) is 11.8 Å². The molecule has 0 radical (unpaired) electrons. The number of aliphatic hydroxyl groups excluding tert-OH is 1. The molecular weight excluding hydrogens is 380 g/mol. The van der Waals surface area contributed by atoms with Crippen LogP contribution in [0.25, 0.3) is 0 Å². The van der Waals surface area contributed by atoms with E-state index in [1.165, 1.54) is 6.42 Å². The molecule has 1 spiro atoms. The summed E-state index contributed by atoms with van der Waals surface area (Å²) in [6, 6.07) is 0.914. The van der Waals surface area contributed by atoms with Crippen molar-refractivity contribution in [2.24, 2.45) is 11.8 Å². The molecule has 0 aromatic carbocycles. The highest BCUT2D eigenvalue weighted by atomic mass is 16.7. The van der Waals surface area contributed by atoms with Gasteiger partial charge in [-0.15, -0.1) is 0 Å². The van der Waals surface area contributed by atoms with E-state index < -0.39 is 6.35 Å². The zero-order valence-electron chi connectivity index (χ0n) is 20.0. The molecule has 7 nitrogen and oxygen atoms in total. The normalized spacial score (nSPS) is 30.5. The molecule has 2 heterocycles. The van der Waals surface area contributed by atoms with Crippen molar-refractivity contribution in [1.82, 2.24) is 20.0 Å². The van der Waals surface area contributed by atoms with E-state index in [-0.39, 0.29) is 5.79 Å². The average Bonchev–Trinajstić information content (AvgIpc) is 3.12. The summed E-state index contributed by atoms with van der Waals surface area (Å²) < 4.78 is 12.1. The lowest BCUT2D eigenvalue weighted by Crippen LogP contribution is -2.62. The summed E-state index contributed by atoms with van der Waals surface area (Å²) in [6.07, 6.45) is 4.80. The lowest BCUT2D eigenvalue weighted by molar-refractivity contribution is -0.202. The predicted molar refractivity (Wildman–Crippen MR) is 120 cm³/mol. The van der Waals surface area contributed by atoms with E-state index in [2.05, 4.69) is 54.9 Å². The Labute approximate surface area is 184 Å². The molecule has 0 amide bonds. The molecular formula is C23H46N4O3. The van der Waals surface area contributed by atoms with Gasteiger partial charge >= 0.3 is 0 Å². The second kappa shape index (κ2) is 11.0. The Morgan fingerprint density at radius 1 is 1.20 bits per heavy atom. The molecule has 7 heteroatoms. The topological polar surface area (TPSA) is 60.4 Å². The van der Waals surface area contributed by atoms with Gasteiger partial charge in [-0.1, -0.05) is 20.8 Å². The molecule has 3 rings (SSSR count). The summed E-state index contributed by atoms with van der Waals surface area (Å²) in [5.74, 6) is 0.738. The Morgan fingerprint density at radius 3 is 2.57 bits per heavy atom. The summed E-state index contributed by atoms with van der Waals surface area (Å²) in [7, 11) is 4.17. The van der Waals surface area contributed by atoms with Crippen LogP contribution in [0.5, 0.6) is 0 Å². The summed E-state index contributed by atoms with van der Waals surface area (Å²) in [4.78, 5) is 7.02. The smallest absolute Gasteiger partial charge is 0.168 e. The minimum atomic E-state index is -0.603. The van der Waals surface area contributed by atoms with Crippen LogP contribution in [-0.4, -0.2) is 104 Å². The van der Waals surface area contributed by atoms with Gasteiger partial charge in [0.15, 0.2) is 12.1 Å². The molecule has 0 aromatic heterocycles. The summed E-state index contributed by atoms with van der Waals surface area (Å²) in [5, 5.41) is 14.7. The highest BCUT2D eigenvalue weighted by Gasteiger charge is 2.49. The van der Waals surface area contributed by atoms with Gasteiger partial charge in [-0.3, -0.25) is 15.1 Å². The quantitative estimate of drug-likeness (QED) is 0.516. The Kier molecular flexibility index (Phi) is 8.96. The maximum absolute atomic E-state index is 11.1. The largest absolute Gasteiger partial charge is 0.365 e. The van der Waals surface area contributed by atoms with E-state index in [1.54, 1.807) is 0 Å².